The van der Waals surface area contributed by atoms with Crippen LogP contribution in [0.25, 0.3) is 0 Å². The minimum atomic E-state index is -3.77. The van der Waals surface area contributed by atoms with E-state index >= 15 is 0 Å². The van der Waals surface area contributed by atoms with Crippen LogP contribution in [0.2, 0.25) is 0 Å². The van der Waals surface area contributed by atoms with Crippen LogP contribution < -0.4 is 29.3 Å². The molecule has 3 aromatic carbocycles. The number of hydrogen-bond acceptors (Lipinski definition) is 8. The van der Waals surface area contributed by atoms with E-state index in [4.69, 9.17) is 14.2 Å². The van der Waals surface area contributed by atoms with Gasteiger partial charge in [-0.25, -0.2) is 13.8 Å². The van der Waals surface area contributed by atoms with Gasteiger partial charge in [0.05, 0.1) is 37.6 Å². The number of anilines is 2. The molecule has 2 amide bonds. The Morgan fingerprint density at radius 3 is 2.23 bits per heavy atom. The van der Waals surface area contributed by atoms with E-state index in [0.717, 1.165) is 10.6 Å². The van der Waals surface area contributed by atoms with Crippen molar-refractivity contribution in [3.05, 3.63) is 78.4 Å². The standard InChI is InChI=1S/C28H32N4O7S/c1-5-38-23-16-12-22(13-17-23)32(40(4,35)36)20(2)28(34)31-29-18-21-10-14-24(15-11-21)39-19-27(33)30-25-8-6-7-9-26(25)37-3/h6-18,20H,5,19H2,1-4H3,(H,30,33)(H,31,34)/b29-18-/t20-/m0/s1. The quantitative estimate of drug-likeness (QED) is 0.238. The van der Waals surface area contributed by atoms with Crippen molar-refractivity contribution in [3.8, 4) is 17.2 Å². The average molecular weight is 569 g/mol. The number of rotatable bonds is 13. The number of nitrogens with zero attached hydrogens (tertiary/aromatic N) is 2. The van der Waals surface area contributed by atoms with E-state index in [1.54, 1.807) is 72.8 Å². The van der Waals surface area contributed by atoms with Gasteiger partial charge in [0.15, 0.2) is 6.61 Å². The van der Waals surface area contributed by atoms with Crippen LogP contribution in [-0.2, 0) is 19.6 Å². The molecule has 0 aliphatic carbocycles. The molecule has 0 heterocycles. The van der Waals surface area contributed by atoms with Crippen LogP contribution in [-0.4, -0.2) is 59.1 Å². The summed E-state index contributed by atoms with van der Waals surface area (Å²) >= 11 is 0. The van der Waals surface area contributed by atoms with Gasteiger partial charge in [-0.2, -0.15) is 5.10 Å². The number of methoxy groups -OCH3 is 1. The summed E-state index contributed by atoms with van der Waals surface area (Å²) in [6.45, 7) is 3.59. The van der Waals surface area contributed by atoms with Crippen LogP contribution >= 0.6 is 0 Å². The average Bonchev–Trinajstić information content (AvgIpc) is 2.93. The van der Waals surface area contributed by atoms with Gasteiger partial charge in [0.2, 0.25) is 10.0 Å². The topological polar surface area (TPSA) is 136 Å². The van der Waals surface area contributed by atoms with Crippen molar-refractivity contribution >= 4 is 39.4 Å². The van der Waals surface area contributed by atoms with Crippen molar-refractivity contribution in [1.29, 1.82) is 0 Å². The van der Waals surface area contributed by atoms with Gasteiger partial charge in [-0.15, -0.1) is 0 Å². The number of ether oxygens (including phenoxy) is 3. The summed E-state index contributed by atoms with van der Waals surface area (Å²) in [6.07, 6.45) is 2.44. The summed E-state index contributed by atoms with van der Waals surface area (Å²) in [6, 6.07) is 19.1. The molecule has 40 heavy (non-hydrogen) atoms. The maximum Gasteiger partial charge on any atom is 0.263 e. The molecule has 1 atom stereocenters. The smallest absolute Gasteiger partial charge is 0.263 e. The second-order valence-electron chi connectivity index (χ2n) is 8.50. The minimum absolute atomic E-state index is 0.204. The van der Waals surface area contributed by atoms with E-state index in [1.165, 1.54) is 20.2 Å². The van der Waals surface area contributed by atoms with Crippen LogP contribution in [0, 0.1) is 0 Å². The van der Waals surface area contributed by atoms with Crippen LogP contribution in [0.15, 0.2) is 77.9 Å². The monoisotopic (exact) mass is 568 g/mol. The summed E-state index contributed by atoms with van der Waals surface area (Å²) in [7, 11) is -2.25. The number of carbonyl (C=O) groups excluding carboxylic acids is 2. The lowest BCUT2D eigenvalue weighted by Crippen LogP contribution is -2.46. The van der Waals surface area contributed by atoms with E-state index < -0.39 is 22.0 Å². The lowest BCUT2D eigenvalue weighted by Gasteiger charge is -2.27. The zero-order chi connectivity index (χ0) is 29.1. The van der Waals surface area contributed by atoms with Gasteiger partial charge in [0.1, 0.15) is 23.3 Å². The molecule has 0 saturated heterocycles. The van der Waals surface area contributed by atoms with Gasteiger partial charge in [-0.3, -0.25) is 13.9 Å². The number of para-hydroxylation sites is 2. The van der Waals surface area contributed by atoms with Gasteiger partial charge < -0.3 is 19.5 Å². The first-order valence-corrected chi connectivity index (χ1v) is 14.2. The zero-order valence-electron chi connectivity index (χ0n) is 22.7. The Morgan fingerprint density at radius 2 is 1.60 bits per heavy atom. The molecular formula is C28H32N4O7S. The number of nitrogens with one attached hydrogen (secondary N) is 2. The highest BCUT2D eigenvalue weighted by Gasteiger charge is 2.29. The molecule has 0 saturated carbocycles. The summed E-state index contributed by atoms with van der Waals surface area (Å²) < 4.78 is 42.1. The molecule has 12 heteroatoms. The molecule has 2 N–H and O–H groups in total. The van der Waals surface area contributed by atoms with E-state index in [2.05, 4.69) is 15.8 Å². The lowest BCUT2D eigenvalue weighted by atomic mass is 10.2. The van der Waals surface area contributed by atoms with Crippen molar-refractivity contribution in [2.75, 3.05) is 36.2 Å². The fourth-order valence-electron chi connectivity index (χ4n) is 3.66. The molecule has 0 unspecified atom stereocenters. The fourth-order valence-corrected chi connectivity index (χ4v) is 4.84. The van der Waals surface area contributed by atoms with E-state index in [9.17, 15) is 18.0 Å². The first-order valence-electron chi connectivity index (χ1n) is 12.3. The number of hydrazone groups is 1. The molecule has 0 fully saturated rings. The Bertz CT molecular complexity index is 1430. The maximum absolute atomic E-state index is 12.7. The Labute approximate surface area is 233 Å². The predicted octanol–water partition coefficient (Wildman–Crippen LogP) is 3.42. The number of benzene rings is 3. The van der Waals surface area contributed by atoms with Crippen LogP contribution in [0.5, 0.6) is 17.2 Å². The molecule has 0 spiro atoms. The minimum Gasteiger partial charge on any atom is -0.495 e. The first-order chi connectivity index (χ1) is 19.1. The summed E-state index contributed by atoms with van der Waals surface area (Å²) in [4.78, 5) is 24.9. The van der Waals surface area contributed by atoms with Crippen LogP contribution in [0.4, 0.5) is 11.4 Å². The van der Waals surface area contributed by atoms with Gasteiger partial charge in [-0.1, -0.05) is 12.1 Å². The Morgan fingerprint density at radius 1 is 0.975 bits per heavy atom. The number of hydrogen-bond donors (Lipinski definition) is 2. The number of carbonyl (C=O) groups is 2. The van der Waals surface area contributed by atoms with E-state index in [-0.39, 0.29) is 12.5 Å². The van der Waals surface area contributed by atoms with Crippen LogP contribution in [0.1, 0.15) is 19.4 Å². The second-order valence-corrected chi connectivity index (χ2v) is 10.4. The van der Waals surface area contributed by atoms with Crippen molar-refractivity contribution in [2.24, 2.45) is 5.10 Å². The number of amides is 2. The maximum atomic E-state index is 12.7. The lowest BCUT2D eigenvalue weighted by molar-refractivity contribution is -0.121. The van der Waals surface area contributed by atoms with Gasteiger partial charge in [-0.05, 0) is 80.1 Å². The Balaban J connectivity index is 1.54. The molecule has 0 bridgehead atoms. The fraction of sp³-hybridized carbons (Fsp3) is 0.250. The Hall–Kier alpha value is -4.58. The van der Waals surface area contributed by atoms with E-state index in [0.29, 0.717) is 40.8 Å². The Kier molecular flexibility index (Phi) is 10.5. The molecule has 11 nitrogen and oxygen atoms in total. The highest BCUT2D eigenvalue weighted by atomic mass is 32.2. The van der Waals surface area contributed by atoms with E-state index in [1.807, 2.05) is 6.92 Å². The summed E-state index contributed by atoms with van der Waals surface area (Å²) in [5.74, 6) is 0.635. The molecule has 0 aliphatic heterocycles. The SMILES string of the molecule is CCOc1ccc(N([C@@H](C)C(=O)N/N=C\c2ccc(OCC(=O)Nc3ccccc3OC)cc2)S(C)(=O)=O)cc1. The summed E-state index contributed by atoms with van der Waals surface area (Å²) in [5.41, 5.74) is 3.89. The highest BCUT2D eigenvalue weighted by molar-refractivity contribution is 7.92. The first kappa shape index (κ1) is 30.0. The number of sulfonamides is 1. The molecule has 3 rings (SSSR count). The zero-order valence-corrected chi connectivity index (χ0v) is 23.5. The van der Waals surface area contributed by atoms with Gasteiger partial charge in [0.25, 0.3) is 11.8 Å². The normalized spacial score (nSPS) is 11.9. The molecule has 0 radical (unpaired) electrons. The molecule has 0 aliphatic rings. The largest absolute Gasteiger partial charge is 0.495 e. The van der Waals surface area contributed by atoms with Crippen molar-refractivity contribution in [3.63, 3.8) is 0 Å². The molecule has 212 valence electrons. The third-order valence-corrected chi connectivity index (χ3v) is 6.75. The molecule has 0 aromatic heterocycles. The van der Waals surface area contributed by atoms with Crippen molar-refractivity contribution < 1.29 is 32.2 Å². The van der Waals surface area contributed by atoms with Gasteiger partial charge >= 0.3 is 0 Å². The third-order valence-electron chi connectivity index (χ3n) is 5.51. The van der Waals surface area contributed by atoms with Crippen molar-refractivity contribution in [2.45, 2.75) is 19.9 Å². The summed E-state index contributed by atoms with van der Waals surface area (Å²) in [5, 5.41) is 6.67. The third kappa shape index (κ3) is 8.46. The van der Waals surface area contributed by atoms with Crippen LogP contribution in [0.3, 0.4) is 0 Å². The molecular weight excluding hydrogens is 536 g/mol. The molecule has 3 aromatic rings. The highest BCUT2D eigenvalue weighted by Crippen LogP contribution is 2.24. The van der Waals surface area contributed by atoms with Crippen molar-refractivity contribution in [1.82, 2.24) is 5.43 Å². The second kappa shape index (κ2) is 14.0. The van der Waals surface area contributed by atoms with Gasteiger partial charge in [0, 0.05) is 0 Å². The predicted molar refractivity (Wildman–Crippen MR) is 154 cm³/mol.